The summed E-state index contributed by atoms with van der Waals surface area (Å²) in [4.78, 5) is 11.4. The van der Waals surface area contributed by atoms with Crippen LogP contribution in [0.5, 0.6) is 0 Å². The molecule has 2 rings (SSSR count). The van der Waals surface area contributed by atoms with E-state index in [1.165, 1.54) is 25.9 Å². The Bertz CT molecular complexity index is 384. The van der Waals surface area contributed by atoms with E-state index in [0.29, 0.717) is 6.04 Å². The Morgan fingerprint density at radius 1 is 1.32 bits per heavy atom. The van der Waals surface area contributed by atoms with E-state index >= 15 is 0 Å². The molecule has 1 aliphatic heterocycles. The molecule has 1 aliphatic rings. The van der Waals surface area contributed by atoms with E-state index in [0.717, 1.165) is 23.3 Å². The predicted molar refractivity (Wildman–Crippen MR) is 82.1 cm³/mol. The number of nitrogens with zero attached hydrogens (tertiary/aromatic N) is 3. The van der Waals surface area contributed by atoms with Gasteiger partial charge in [-0.1, -0.05) is 11.8 Å². The van der Waals surface area contributed by atoms with Crippen molar-refractivity contribution in [3.8, 4) is 0 Å². The lowest BCUT2D eigenvalue weighted by Gasteiger charge is -2.21. The first kappa shape index (κ1) is 14.4. The van der Waals surface area contributed by atoms with Crippen LogP contribution in [0.4, 0.5) is 11.6 Å². The van der Waals surface area contributed by atoms with Gasteiger partial charge in [0.1, 0.15) is 11.6 Å². The van der Waals surface area contributed by atoms with E-state index in [1.54, 1.807) is 11.8 Å². The Morgan fingerprint density at radius 3 is 2.63 bits per heavy atom. The highest BCUT2D eigenvalue weighted by atomic mass is 32.2. The van der Waals surface area contributed by atoms with Crippen LogP contribution in [0.15, 0.2) is 11.2 Å². The third kappa shape index (κ3) is 4.24. The molecule has 0 aliphatic carbocycles. The van der Waals surface area contributed by atoms with Gasteiger partial charge in [0, 0.05) is 25.7 Å². The number of anilines is 2. The van der Waals surface area contributed by atoms with Crippen LogP contribution >= 0.6 is 11.8 Å². The van der Waals surface area contributed by atoms with Gasteiger partial charge in [-0.3, -0.25) is 0 Å². The topological polar surface area (TPSA) is 53.1 Å². The monoisotopic (exact) mass is 281 g/mol. The van der Waals surface area contributed by atoms with E-state index in [9.17, 15) is 0 Å². The van der Waals surface area contributed by atoms with Crippen LogP contribution in [0.1, 0.15) is 19.8 Å². The minimum atomic E-state index is 0.396. The fourth-order valence-electron chi connectivity index (χ4n) is 2.37. The second-order valence-electron chi connectivity index (χ2n) is 4.93. The summed E-state index contributed by atoms with van der Waals surface area (Å²) in [5, 5.41) is 7.34. The van der Waals surface area contributed by atoms with Gasteiger partial charge in [0.2, 0.25) is 0 Å². The quantitative estimate of drug-likeness (QED) is 0.615. The average Bonchev–Trinajstić information content (AvgIpc) is 2.90. The largest absolute Gasteiger partial charge is 0.373 e. The third-order valence-electron chi connectivity index (χ3n) is 3.27. The first-order chi connectivity index (χ1) is 9.21. The highest BCUT2D eigenvalue weighted by Gasteiger charge is 2.15. The van der Waals surface area contributed by atoms with Crippen molar-refractivity contribution >= 4 is 23.4 Å². The van der Waals surface area contributed by atoms with Crippen LogP contribution < -0.4 is 10.6 Å². The summed E-state index contributed by atoms with van der Waals surface area (Å²) in [5.74, 6) is 1.76. The molecule has 2 N–H and O–H groups in total. The van der Waals surface area contributed by atoms with Crippen molar-refractivity contribution in [2.24, 2.45) is 0 Å². The Morgan fingerprint density at radius 2 is 2.00 bits per heavy atom. The van der Waals surface area contributed by atoms with Gasteiger partial charge in [-0.25, -0.2) is 9.97 Å². The lowest BCUT2D eigenvalue weighted by atomic mass is 10.3. The molecule has 19 heavy (non-hydrogen) atoms. The van der Waals surface area contributed by atoms with Gasteiger partial charge in [0.15, 0.2) is 5.16 Å². The lowest BCUT2D eigenvalue weighted by Crippen LogP contribution is -2.33. The zero-order valence-electron chi connectivity index (χ0n) is 11.9. The normalized spacial score (nSPS) is 17.4. The zero-order valence-corrected chi connectivity index (χ0v) is 12.8. The van der Waals surface area contributed by atoms with Crippen molar-refractivity contribution in [1.29, 1.82) is 0 Å². The SMILES string of the molecule is CNc1cc(NC(C)CN2CCCC2)nc(SC)n1. The molecular formula is C13H23N5S. The molecular weight excluding hydrogens is 258 g/mol. The van der Waals surface area contributed by atoms with Crippen molar-refractivity contribution in [3.63, 3.8) is 0 Å². The zero-order chi connectivity index (χ0) is 13.7. The fraction of sp³-hybridized carbons (Fsp3) is 0.692. The molecule has 6 heteroatoms. The van der Waals surface area contributed by atoms with Crippen LogP contribution in [-0.2, 0) is 0 Å². The first-order valence-electron chi connectivity index (χ1n) is 6.81. The summed E-state index contributed by atoms with van der Waals surface area (Å²) in [6.45, 7) is 5.74. The second kappa shape index (κ2) is 6.96. The van der Waals surface area contributed by atoms with Gasteiger partial charge < -0.3 is 15.5 Å². The van der Waals surface area contributed by atoms with Gasteiger partial charge in [0.05, 0.1) is 0 Å². The van der Waals surface area contributed by atoms with E-state index in [4.69, 9.17) is 0 Å². The molecule has 5 nitrogen and oxygen atoms in total. The molecule has 1 aromatic rings. The van der Waals surface area contributed by atoms with Gasteiger partial charge in [-0.2, -0.15) is 0 Å². The predicted octanol–water partition coefficient (Wildman–Crippen LogP) is 2.14. The Balaban J connectivity index is 1.96. The minimum absolute atomic E-state index is 0.396. The molecule has 1 atom stereocenters. The van der Waals surface area contributed by atoms with Crippen LogP contribution in [0.2, 0.25) is 0 Å². The number of nitrogens with one attached hydrogen (secondary N) is 2. The average molecular weight is 281 g/mol. The molecule has 0 aromatic carbocycles. The van der Waals surface area contributed by atoms with E-state index in [2.05, 4.69) is 32.4 Å². The maximum absolute atomic E-state index is 4.50. The molecule has 1 aromatic heterocycles. The summed E-state index contributed by atoms with van der Waals surface area (Å²) < 4.78 is 0. The number of likely N-dealkylation sites (tertiary alicyclic amines) is 1. The van der Waals surface area contributed by atoms with Crippen LogP contribution in [0.25, 0.3) is 0 Å². The van der Waals surface area contributed by atoms with Gasteiger partial charge in [-0.15, -0.1) is 0 Å². The molecule has 0 amide bonds. The van der Waals surface area contributed by atoms with Gasteiger partial charge >= 0.3 is 0 Å². The van der Waals surface area contributed by atoms with Gasteiger partial charge in [0.25, 0.3) is 0 Å². The minimum Gasteiger partial charge on any atom is -0.373 e. The summed E-state index contributed by atoms with van der Waals surface area (Å²) in [6, 6.07) is 2.35. The highest BCUT2D eigenvalue weighted by molar-refractivity contribution is 7.98. The Hall–Kier alpha value is -1.01. The second-order valence-corrected chi connectivity index (χ2v) is 5.70. The van der Waals surface area contributed by atoms with Crippen LogP contribution in [-0.4, -0.2) is 53.8 Å². The maximum Gasteiger partial charge on any atom is 0.191 e. The van der Waals surface area contributed by atoms with E-state index in [-0.39, 0.29) is 0 Å². The number of hydrogen-bond donors (Lipinski definition) is 2. The fourth-order valence-corrected chi connectivity index (χ4v) is 2.75. The molecule has 0 radical (unpaired) electrons. The van der Waals surface area contributed by atoms with Crippen LogP contribution in [0, 0.1) is 0 Å². The molecule has 1 saturated heterocycles. The standard InChI is InChI=1S/C13H23N5S/c1-10(9-18-6-4-5-7-18)15-12-8-11(14-2)16-13(17-12)19-3/h8,10H,4-7,9H2,1-3H3,(H2,14,15,16,17). The highest BCUT2D eigenvalue weighted by Crippen LogP contribution is 2.18. The van der Waals surface area contributed by atoms with Crippen molar-refractivity contribution < 1.29 is 0 Å². The third-order valence-corrected chi connectivity index (χ3v) is 3.82. The number of aromatic nitrogens is 2. The van der Waals surface area contributed by atoms with Gasteiger partial charge in [-0.05, 0) is 39.1 Å². The lowest BCUT2D eigenvalue weighted by molar-refractivity contribution is 0.327. The van der Waals surface area contributed by atoms with Crippen molar-refractivity contribution in [3.05, 3.63) is 6.07 Å². The number of thioether (sulfide) groups is 1. The molecule has 0 spiro atoms. The maximum atomic E-state index is 4.50. The van der Waals surface area contributed by atoms with Crippen molar-refractivity contribution in [2.75, 3.05) is 43.6 Å². The van der Waals surface area contributed by atoms with Crippen LogP contribution in [0.3, 0.4) is 0 Å². The summed E-state index contributed by atoms with van der Waals surface area (Å²) in [6.07, 6.45) is 4.66. The summed E-state index contributed by atoms with van der Waals surface area (Å²) >= 11 is 1.56. The van der Waals surface area contributed by atoms with Crippen molar-refractivity contribution in [2.45, 2.75) is 31.0 Å². The molecule has 0 saturated carbocycles. The number of hydrogen-bond acceptors (Lipinski definition) is 6. The smallest absolute Gasteiger partial charge is 0.191 e. The Kier molecular flexibility index (Phi) is 5.27. The molecule has 1 unspecified atom stereocenters. The molecule has 2 heterocycles. The Labute approximate surface area is 119 Å². The van der Waals surface area contributed by atoms with E-state index in [1.807, 2.05) is 19.4 Å². The van der Waals surface area contributed by atoms with E-state index < -0.39 is 0 Å². The molecule has 0 bridgehead atoms. The molecule has 1 fully saturated rings. The number of rotatable bonds is 6. The summed E-state index contributed by atoms with van der Waals surface area (Å²) in [5.41, 5.74) is 0. The summed E-state index contributed by atoms with van der Waals surface area (Å²) in [7, 11) is 1.88. The van der Waals surface area contributed by atoms with Crippen molar-refractivity contribution in [1.82, 2.24) is 14.9 Å². The first-order valence-corrected chi connectivity index (χ1v) is 8.03. The molecule has 106 valence electrons.